The van der Waals surface area contributed by atoms with E-state index >= 15 is 0 Å². The predicted molar refractivity (Wildman–Crippen MR) is 209 cm³/mol. The highest BCUT2D eigenvalue weighted by Crippen LogP contribution is 2.41. The summed E-state index contributed by atoms with van der Waals surface area (Å²) < 4.78 is 47.5. The fourth-order valence-electron chi connectivity index (χ4n) is 8.70. The van der Waals surface area contributed by atoms with E-state index in [-0.39, 0.29) is 65.7 Å². The number of piperazine rings is 1. The molecule has 4 aliphatic rings. The van der Waals surface area contributed by atoms with Gasteiger partial charge in [0.25, 0.3) is 5.91 Å². The van der Waals surface area contributed by atoms with Gasteiger partial charge in [0.05, 0.1) is 47.6 Å². The number of hydrogen-bond donors (Lipinski definition) is 2. The van der Waals surface area contributed by atoms with Crippen LogP contribution < -0.4 is 15.5 Å². The number of pyridine rings is 1. The van der Waals surface area contributed by atoms with Crippen LogP contribution in [0.1, 0.15) is 89.8 Å². The molecule has 1 unspecified atom stereocenters. The summed E-state index contributed by atoms with van der Waals surface area (Å²) in [4.78, 5) is 62.9. The smallest absolute Gasteiger partial charge is 0.377 e. The first-order chi connectivity index (χ1) is 26.8. The van der Waals surface area contributed by atoms with Gasteiger partial charge in [0, 0.05) is 50.4 Å². The van der Waals surface area contributed by atoms with Crippen molar-refractivity contribution in [1.29, 1.82) is 5.26 Å². The average Bonchev–Trinajstić information content (AvgIpc) is 3.33. The number of nitrogens with zero attached hydrogens (tertiary/aromatic N) is 6. The molecular formula is C40H49F3N8O5S. The quantitative estimate of drug-likeness (QED) is 0.253. The topological polar surface area (TPSA) is 151 Å². The highest BCUT2D eigenvalue weighted by molar-refractivity contribution is 7.80. The van der Waals surface area contributed by atoms with E-state index in [1.165, 1.54) is 6.07 Å². The van der Waals surface area contributed by atoms with Crippen molar-refractivity contribution >= 4 is 52.5 Å². The van der Waals surface area contributed by atoms with Crippen molar-refractivity contribution in [3.63, 3.8) is 0 Å². The van der Waals surface area contributed by atoms with Crippen LogP contribution in [0.4, 0.5) is 24.7 Å². The number of benzene rings is 1. The summed E-state index contributed by atoms with van der Waals surface area (Å²) in [5.41, 5.74) is -2.93. The van der Waals surface area contributed by atoms with Crippen LogP contribution in [0.15, 0.2) is 36.5 Å². The molecule has 3 atom stereocenters. The fourth-order valence-corrected chi connectivity index (χ4v) is 9.27. The molecule has 1 aliphatic carbocycles. The molecule has 0 radical (unpaired) electrons. The molecule has 306 valence electrons. The maximum Gasteiger partial charge on any atom is 0.417 e. The molecule has 4 fully saturated rings. The van der Waals surface area contributed by atoms with Crippen molar-refractivity contribution in [2.45, 2.75) is 115 Å². The zero-order valence-electron chi connectivity index (χ0n) is 32.8. The van der Waals surface area contributed by atoms with Gasteiger partial charge < -0.3 is 15.0 Å². The normalized spacial score (nSPS) is 27.4. The number of piperidine rings is 1. The third kappa shape index (κ3) is 8.69. The summed E-state index contributed by atoms with van der Waals surface area (Å²) in [6, 6.07) is 8.30. The highest BCUT2D eigenvalue weighted by Gasteiger charge is 2.53. The fraction of sp³-hybridized carbons (Fsp3) is 0.575. The summed E-state index contributed by atoms with van der Waals surface area (Å²) in [5, 5.41) is 14.7. The molecule has 1 aromatic heterocycles. The first kappa shape index (κ1) is 42.1. The minimum atomic E-state index is -4.77. The van der Waals surface area contributed by atoms with Gasteiger partial charge in [0.1, 0.15) is 11.4 Å². The maximum absolute atomic E-state index is 13.7. The number of hydrogen-bond acceptors (Lipinski definition) is 10. The number of alkyl halides is 3. The molecule has 1 aromatic carbocycles. The number of carbonyl (C=O) groups is 4. The van der Waals surface area contributed by atoms with E-state index in [2.05, 4.69) is 39.3 Å². The van der Waals surface area contributed by atoms with Crippen LogP contribution in [-0.4, -0.2) is 111 Å². The molecular weight excluding hydrogens is 762 g/mol. The Morgan fingerprint density at radius 1 is 1.07 bits per heavy atom. The van der Waals surface area contributed by atoms with Crippen molar-refractivity contribution < 1.29 is 37.1 Å². The average molecular weight is 811 g/mol. The Morgan fingerprint density at radius 2 is 1.75 bits per heavy atom. The molecule has 6 rings (SSSR count). The SMILES string of the molecule is C[C@@H]1CN(CCOC2CCC(N3C(=S)N(c4ccc(C#N)c(C(F)(F)F)c4)C(=O)C3(C)C)CC2)C[C@H](C)N1CC(=O)Nc1cc(C2(C)CCC(=O)NC2=O)ccn1. The first-order valence-corrected chi connectivity index (χ1v) is 19.7. The predicted octanol–water partition coefficient (Wildman–Crippen LogP) is 4.74. The lowest BCUT2D eigenvalue weighted by Gasteiger charge is -2.44. The summed E-state index contributed by atoms with van der Waals surface area (Å²) in [6.07, 6.45) is 0.289. The number of amides is 4. The second kappa shape index (κ2) is 16.4. The molecule has 1 saturated carbocycles. The van der Waals surface area contributed by atoms with Crippen molar-refractivity contribution in [3.05, 3.63) is 53.2 Å². The van der Waals surface area contributed by atoms with Gasteiger partial charge in [-0.2, -0.15) is 18.4 Å². The molecule has 13 nitrogen and oxygen atoms in total. The van der Waals surface area contributed by atoms with Crippen molar-refractivity contribution in [2.24, 2.45) is 0 Å². The van der Waals surface area contributed by atoms with E-state index in [9.17, 15) is 37.6 Å². The molecule has 3 saturated heterocycles. The van der Waals surface area contributed by atoms with E-state index in [1.54, 1.807) is 45.2 Å². The Kier molecular flexibility index (Phi) is 12.1. The number of aromatic nitrogens is 1. The highest BCUT2D eigenvalue weighted by atomic mass is 32.1. The third-order valence-electron chi connectivity index (χ3n) is 12.0. The number of nitriles is 1. The van der Waals surface area contributed by atoms with Gasteiger partial charge >= 0.3 is 6.18 Å². The second-order valence-electron chi connectivity index (χ2n) is 16.3. The van der Waals surface area contributed by atoms with Crippen LogP contribution in [-0.2, 0) is 35.5 Å². The van der Waals surface area contributed by atoms with Gasteiger partial charge in [0.15, 0.2) is 5.11 Å². The molecule has 4 heterocycles. The molecule has 17 heteroatoms. The van der Waals surface area contributed by atoms with Gasteiger partial charge in [0.2, 0.25) is 17.7 Å². The van der Waals surface area contributed by atoms with E-state index < -0.39 is 34.2 Å². The summed E-state index contributed by atoms with van der Waals surface area (Å²) in [7, 11) is 0. The van der Waals surface area contributed by atoms with Crippen LogP contribution in [0, 0.1) is 11.3 Å². The zero-order valence-corrected chi connectivity index (χ0v) is 33.6. The Bertz CT molecular complexity index is 1950. The first-order valence-electron chi connectivity index (χ1n) is 19.3. The Labute approximate surface area is 335 Å². The molecule has 4 amide bonds. The number of ether oxygens (including phenoxy) is 1. The van der Waals surface area contributed by atoms with Gasteiger partial charge in [-0.25, -0.2) is 4.98 Å². The lowest BCUT2D eigenvalue weighted by Crippen LogP contribution is -2.58. The number of rotatable bonds is 10. The standard InChI is InChI=1S/C40H49F3N8O5S/c1-24-21-48(22-25(2)49(24)23-34(53)46-32-18-27(13-15-45-32)39(5)14-12-33(52)47-35(39)54)16-17-56-30-10-8-28(9-11-30)51-37(57)50(36(55)38(51,3)4)29-7-6-26(20-44)31(19-29)40(41,42)43/h6-7,13,15,18-19,24-25,28,30H,8-12,14,16-17,21-23H2,1-5H3,(H,45,46,53)(H,47,52,54)/t24-,25+,28?,30?,39?. The van der Waals surface area contributed by atoms with E-state index in [4.69, 9.17) is 17.0 Å². The van der Waals surface area contributed by atoms with Crippen LogP contribution in [0.5, 0.6) is 0 Å². The molecule has 0 bridgehead atoms. The number of halogens is 3. The number of nitrogens with one attached hydrogen (secondary N) is 2. The molecule has 2 aromatic rings. The van der Waals surface area contributed by atoms with E-state index in [0.29, 0.717) is 37.3 Å². The number of carbonyl (C=O) groups excluding carboxylic acids is 4. The number of thiocarbonyl (C=S) groups is 1. The zero-order chi connectivity index (χ0) is 41.4. The summed E-state index contributed by atoms with van der Waals surface area (Å²) in [6.45, 7) is 12.4. The number of imide groups is 1. The third-order valence-corrected chi connectivity index (χ3v) is 12.3. The molecule has 2 N–H and O–H groups in total. The summed E-state index contributed by atoms with van der Waals surface area (Å²) >= 11 is 5.74. The minimum Gasteiger partial charge on any atom is -0.377 e. The Hall–Kier alpha value is -4.50. The summed E-state index contributed by atoms with van der Waals surface area (Å²) in [5.74, 6) is -0.935. The van der Waals surface area contributed by atoms with E-state index in [0.717, 1.165) is 49.5 Å². The lowest BCUT2D eigenvalue weighted by molar-refractivity contribution is -0.138. The van der Waals surface area contributed by atoms with Gasteiger partial charge in [-0.15, -0.1) is 0 Å². The molecule has 57 heavy (non-hydrogen) atoms. The monoisotopic (exact) mass is 810 g/mol. The van der Waals surface area contributed by atoms with Gasteiger partial charge in [-0.3, -0.25) is 39.2 Å². The lowest BCUT2D eigenvalue weighted by atomic mass is 9.76. The van der Waals surface area contributed by atoms with Crippen LogP contribution in [0.2, 0.25) is 0 Å². The van der Waals surface area contributed by atoms with Crippen LogP contribution >= 0.6 is 12.2 Å². The maximum atomic E-state index is 13.7. The van der Waals surface area contributed by atoms with Gasteiger partial charge in [-0.1, -0.05) is 0 Å². The Morgan fingerprint density at radius 3 is 2.39 bits per heavy atom. The van der Waals surface area contributed by atoms with Crippen molar-refractivity contribution in [1.82, 2.24) is 25.0 Å². The van der Waals surface area contributed by atoms with Crippen LogP contribution in [0.3, 0.4) is 0 Å². The largest absolute Gasteiger partial charge is 0.417 e. The minimum absolute atomic E-state index is 0.0159. The van der Waals surface area contributed by atoms with Crippen molar-refractivity contribution in [2.75, 3.05) is 43.0 Å². The van der Waals surface area contributed by atoms with E-state index in [1.807, 2.05) is 4.90 Å². The van der Waals surface area contributed by atoms with Crippen LogP contribution in [0.25, 0.3) is 0 Å². The van der Waals surface area contributed by atoms with Crippen molar-refractivity contribution in [3.8, 4) is 6.07 Å². The molecule has 3 aliphatic heterocycles. The van der Waals surface area contributed by atoms with Gasteiger partial charge in [-0.05, 0) is 115 Å². The Balaban J connectivity index is 0.960. The second-order valence-corrected chi connectivity index (χ2v) is 16.7. The molecule has 0 spiro atoms. The number of anilines is 2.